The third-order valence-corrected chi connectivity index (χ3v) is 1.53. The van der Waals surface area contributed by atoms with Crippen molar-refractivity contribution in [2.75, 3.05) is 12.3 Å². The molecule has 0 aromatic carbocycles. The van der Waals surface area contributed by atoms with E-state index >= 15 is 0 Å². The van der Waals surface area contributed by atoms with E-state index in [1.807, 2.05) is 0 Å². The van der Waals surface area contributed by atoms with Gasteiger partial charge in [-0.1, -0.05) is 0 Å². The molecule has 0 bridgehead atoms. The lowest BCUT2D eigenvalue weighted by Gasteiger charge is -2.08. The van der Waals surface area contributed by atoms with Crippen molar-refractivity contribution in [2.24, 2.45) is 0 Å². The maximum Gasteiger partial charge on any atom is 0.405 e. The molecular formula is C8H8F3N3O. The lowest BCUT2D eigenvalue weighted by atomic mass is 10.2. The largest absolute Gasteiger partial charge is 0.405 e. The van der Waals surface area contributed by atoms with Crippen LogP contribution in [-0.2, 0) is 0 Å². The second-order valence-electron chi connectivity index (χ2n) is 2.73. The van der Waals surface area contributed by atoms with Crippen LogP contribution in [0.5, 0.6) is 0 Å². The fourth-order valence-corrected chi connectivity index (χ4v) is 0.885. The molecule has 0 unspecified atom stereocenters. The van der Waals surface area contributed by atoms with Crippen molar-refractivity contribution >= 4 is 11.7 Å². The first-order valence-electron chi connectivity index (χ1n) is 3.95. The number of hydrogen-bond acceptors (Lipinski definition) is 3. The first-order chi connectivity index (χ1) is 6.90. The van der Waals surface area contributed by atoms with Crippen LogP contribution in [-0.4, -0.2) is 23.6 Å². The number of anilines is 1. The summed E-state index contributed by atoms with van der Waals surface area (Å²) >= 11 is 0. The highest BCUT2D eigenvalue weighted by atomic mass is 19.4. The molecule has 7 heteroatoms. The van der Waals surface area contributed by atoms with Crippen LogP contribution in [0.4, 0.5) is 19.0 Å². The van der Waals surface area contributed by atoms with Crippen LogP contribution in [0.2, 0.25) is 0 Å². The zero-order valence-electron chi connectivity index (χ0n) is 7.51. The number of alkyl halides is 3. The van der Waals surface area contributed by atoms with Crippen LogP contribution in [0, 0.1) is 0 Å². The van der Waals surface area contributed by atoms with Gasteiger partial charge < -0.3 is 11.1 Å². The van der Waals surface area contributed by atoms with Crippen LogP contribution < -0.4 is 11.1 Å². The molecule has 1 amide bonds. The summed E-state index contributed by atoms with van der Waals surface area (Å²) < 4.78 is 35.3. The van der Waals surface area contributed by atoms with Gasteiger partial charge in [0.15, 0.2) is 0 Å². The molecule has 0 aliphatic rings. The van der Waals surface area contributed by atoms with E-state index in [-0.39, 0.29) is 11.4 Å². The minimum absolute atomic E-state index is 0.0678. The number of carbonyl (C=O) groups is 1. The Morgan fingerprint density at radius 1 is 1.53 bits per heavy atom. The minimum atomic E-state index is -4.44. The molecule has 0 saturated heterocycles. The van der Waals surface area contributed by atoms with Crippen molar-refractivity contribution in [3.63, 3.8) is 0 Å². The molecule has 3 N–H and O–H groups in total. The van der Waals surface area contributed by atoms with Crippen molar-refractivity contribution in [1.82, 2.24) is 10.3 Å². The van der Waals surface area contributed by atoms with Crippen LogP contribution in [0.3, 0.4) is 0 Å². The molecule has 1 rings (SSSR count). The highest BCUT2D eigenvalue weighted by Gasteiger charge is 2.28. The van der Waals surface area contributed by atoms with Crippen molar-refractivity contribution in [1.29, 1.82) is 0 Å². The van der Waals surface area contributed by atoms with Gasteiger partial charge in [-0.25, -0.2) is 4.98 Å². The Labute approximate surface area is 83.3 Å². The number of hydrogen-bond donors (Lipinski definition) is 2. The van der Waals surface area contributed by atoms with E-state index in [4.69, 9.17) is 5.73 Å². The Morgan fingerprint density at radius 2 is 2.20 bits per heavy atom. The average Bonchev–Trinajstić information content (AvgIpc) is 2.14. The van der Waals surface area contributed by atoms with Crippen LogP contribution in [0.1, 0.15) is 10.4 Å². The van der Waals surface area contributed by atoms with Gasteiger partial charge in [0, 0.05) is 6.20 Å². The van der Waals surface area contributed by atoms with Gasteiger partial charge in [-0.2, -0.15) is 13.2 Å². The summed E-state index contributed by atoms with van der Waals surface area (Å²) in [7, 11) is 0. The number of nitrogen functional groups attached to an aromatic ring is 1. The van der Waals surface area contributed by atoms with Crippen LogP contribution in [0.25, 0.3) is 0 Å². The van der Waals surface area contributed by atoms with Crippen molar-refractivity contribution in [3.8, 4) is 0 Å². The number of nitrogens with two attached hydrogens (primary N) is 1. The maximum atomic E-state index is 11.8. The smallest absolute Gasteiger partial charge is 0.383 e. The van der Waals surface area contributed by atoms with E-state index in [1.165, 1.54) is 18.3 Å². The fourth-order valence-electron chi connectivity index (χ4n) is 0.885. The van der Waals surface area contributed by atoms with Gasteiger partial charge in [0.2, 0.25) is 0 Å². The molecule has 1 aromatic rings. The quantitative estimate of drug-likeness (QED) is 0.778. The summed E-state index contributed by atoms with van der Waals surface area (Å²) in [4.78, 5) is 14.8. The predicted octanol–water partition coefficient (Wildman–Crippen LogP) is 0.956. The van der Waals surface area contributed by atoms with Crippen LogP contribution in [0.15, 0.2) is 18.3 Å². The van der Waals surface area contributed by atoms with Gasteiger partial charge in [-0.3, -0.25) is 4.79 Å². The standard InChI is InChI=1S/C8H8F3N3O/c9-8(10,11)4-14-7(15)5-2-1-3-13-6(5)12/h1-3H,4H2,(H2,12,13)(H,14,15). The molecule has 0 radical (unpaired) electrons. The highest BCUT2D eigenvalue weighted by molar-refractivity contribution is 5.98. The minimum Gasteiger partial charge on any atom is -0.383 e. The number of halogens is 3. The van der Waals surface area contributed by atoms with E-state index in [1.54, 1.807) is 5.32 Å². The summed E-state index contributed by atoms with van der Waals surface area (Å²) in [5.74, 6) is -0.991. The Balaban J connectivity index is 2.66. The Hall–Kier alpha value is -1.79. The zero-order chi connectivity index (χ0) is 11.5. The number of nitrogens with zero attached hydrogens (tertiary/aromatic N) is 1. The lowest BCUT2D eigenvalue weighted by Crippen LogP contribution is -2.34. The summed E-state index contributed by atoms with van der Waals surface area (Å²) in [5, 5.41) is 1.70. The third-order valence-electron chi connectivity index (χ3n) is 1.53. The lowest BCUT2D eigenvalue weighted by molar-refractivity contribution is -0.123. The van der Waals surface area contributed by atoms with E-state index < -0.39 is 18.6 Å². The number of carbonyl (C=O) groups excluding carboxylic acids is 1. The van der Waals surface area contributed by atoms with Gasteiger partial charge >= 0.3 is 6.18 Å². The molecule has 0 aliphatic heterocycles. The van der Waals surface area contributed by atoms with Gasteiger partial charge in [0.25, 0.3) is 5.91 Å². The summed E-state index contributed by atoms with van der Waals surface area (Å²) in [6.07, 6.45) is -3.09. The predicted molar refractivity (Wildman–Crippen MR) is 47.0 cm³/mol. The molecule has 0 saturated carbocycles. The summed E-state index contributed by atoms with van der Waals surface area (Å²) in [6, 6.07) is 2.72. The van der Waals surface area contributed by atoms with Gasteiger partial charge in [-0.05, 0) is 12.1 Å². The SMILES string of the molecule is Nc1ncccc1C(=O)NCC(F)(F)F. The van der Waals surface area contributed by atoms with Gasteiger partial charge in [0.1, 0.15) is 12.4 Å². The van der Waals surface area contributed by atoms with Gasteiger partial charge in [-0.15, -0.1) is 0 Å². The number of amides is 1. The van der Waals surface area contributed by atoms with Crippen LogP contribution >= 0.6 is 0 Å². The molecule has 1 heterocycles. The molecule has 0 aliphatic carbocycles. The van der Waals surface area contributed by atoms with E-state index in [9.17, 15) is 18.0 Å². The number of rotatable bonds is 2. The van der Waals surface area contributed by atoms with E-state index in [0.29, 0.717) is 0 Å². The fraction of sp³-hybridized carbons (Fsp3) is 0.250. The third kappa shape index (κ3) is 3.45. The summed E-state index contributed by atoms with van der Waals surface area (Å²) in [6.45, 7) is -1.39. The molecule has 0 atom stereocenters. The normalized spacial score (nSPS) is 11.1. The number of aromatic nitrogens is 1. The number of pyridine rings is 1. The van der Waals surface area contributed by atoms with E-state index in [2.05, 4.69) is 4.98 Å². The second-order valence-corrected chi connectivity index (χ2v) is 2.73. The topological polar surface area (TPSA) is 68.0 Å². The first-order valence-corrected chi connectivity index (χ1v) is 3.95. The molecular weight excluding hydrogens is 211 g/mol. The molecule has 1 aromatic heterocycles. The van der Waals surface area contributed by atoms with Gasteiger partial charge in [0.05, 0.1) is 5.56 Å². The van der Waals surface area contributed by atoms with Crippen molar-refractivity contribution in [2.45, 2.75) is 6.18 Å². The first kappa shape index (κ1) is 11.3. The van der Waals surface area contributed by atoms with Crippen molar-refractivity contribution < 1.29 is 18.0 Å². The molecule has 0 fully saturated rings. The number of nitrogens with one attached hydrogen (secondary N) is 1. The Morgan fingerprint density at radius 3 is 2.73 bits per heavy atom. The zero-order valence-corrected chi connectivity index (χ0v) is 7.51. The second kappa shape index (κ2) is 4.16. The molecule has 82 valence electrons. The summed E-state index contributed by atoms with van der Waals surface area (Å²) in [5.41, 5.74) is 5.24. The van der Waals surface area contributed by atoms with E-state index in [0.717, 1.165) is 0 Å². The monoisotopic (exact) mass is 219 g/mol. The van der Waals surface area contributed by atoms with Crippen molar-refractivity contribution in [3.05, 3.63) is 23.9 Å². The highest BCUT2D eigenvalue weighted by Crippen LogP contribution is 2.13. The molecule has 0 spiro atoms. The molecule has 15 heavy (non-hydrogen) atoms. The Kier molecular flexibility index (Phi) is 3.13. The maximum absolute atomic E-state index is 11.8. The Bertz CT molecular complexity index is 364. The average molecular weight is 219 g/mol. The molecule has 4 nitrogen and oxygen atoms in total.